The van der Waals surface area contributed by atoms with E-state index in [0.717, 1.165) is 23.4 Å². The van der Waals surface area contributed by atoms with Crippen LogP contribution in [0.4, 0.5) is 24.5 Å². The summed E-state index contributed by atoms with van der Waals surface area (Å²) in [4.78, 5) is 14.3. The first-order valence-electron chi connectivity index (χ1n) is 10.5. The fourth-order valence-electron chi connectivity index (χ4n) is 3.32. The first-order chi connectivity index (χ1) is 16.2. The van der Waals surface area contributed by atoms with Gasteiger partial charge in [-0.25, -0.2) is 0 Å². The molecule has 0 atom stereocenters. The average Bonchev–Trinajstić information content (AvgIpc) is 2.82. The normalized spacial score (nSPS) is 12.1. The maximum Gasteiger partial charge on any atom is 0.416 e. The number of hydrogen-bond acceptors (Lipinski definition) is 3. The van der Waals surface area contributed by atoms with Gasteiger partial charge < -0.3 is 15.3 Å². The summed E-state index contributed by atoms with van der Waals surface area (Å²) in [5, 5.41) is 12.1. The van der Waals surface area contributed by atoms with Crippen LogP contribution in [0.1, 0.15) is 22.3 Å². The van der Waals surface area contributed by atoms with E-state index in [-0.39, 0.29) is 6.61 Å². The van der Waals surface area contributed by atoms with E-state index in [9.17, 15) is 23.1 Å². The molecule has 0 aliphatic heterocycles. The summed E-state index contributed by atoms with van der Waals surface area (Å²) in [5.74, 6) is -0.396. The van der Waals surface area contributed by atoms with Crippen LogP contribution < -0.4 is 10.2 Å². The fourth-order valence-corrected chi connectivity index (χ4v) is 3.32. The smallest absolute Gasteiger partial charge is 0.392 e. The van der Waals surface area contributed by atoms with Gasteiger partial charge in [0.2, 0.25) is 5.91 Å². The molecule has 0 spiro atoms. The largest absolute Gasteiger partial charge is 0.416 e. The summed E-state index contributed by atoms with van der Waals surface area (Å²) < 4.78 is 39.0. The van der Waals surface area contributed by atoms with Crippen LogP contribution in [0.2, 0.25) is 0 Å². The van der Waals surface area contributed by atoms with E-state index in [4.69, 9.17) is 0 Å². The van der Waals surface area contributed by atoms with Crippen molar-refractivity contribution in [1.29, 1.82) is 0 Å². The highest BCUT2D eigenvalue weighted by atomic mass is 19.4. The molecule has 0 heterocycles. The number of para-hydroxylation sites is 1. The van der Waals surface area contributed by atoms with Gasteiger partial charge in [-0.2, -0.15) is 13.2 Å². The van der Waals surface area contributed by atoms with E-state index < -0.39 is 17.6 Å². The Morgan fingerprint density at radius 3 is 2.09 bits per heavy atom. The second-order valence-electron chi connectivity index (χ2n) is 7.76. The molecule has 0 aliphatic rings. The van der Waals surface area contributed by atoms with Crippen LogP contribution in [-0.4, -0.2) is 25.1 Å². The maximum absolute atomic E-state index is 13.0. The van der Waals surface area contributed by atoms with Gasteiger partial charge in [0.1, 0.15) is 0 Å². The second-order valence-corrected chi connectivity index (χ2v) is 7.76. The molecule has 7 heteroatoms. The topological polar surface area (TPSA) is 52.6 Å². The number of rotatable bonds is 7. The fraction of sp³-hybridized carbons (Fsp3) is 0.148. The van der Waals surface area contributed by atoms with Gasteiger partial charge in [0.05, 0.1) is 12.2 Å². The van der Waals surface area contributed by atoms with E-state index in [0.29, 0.717) is 22.4 Å². The third-order valence-corrected chi connectivity index (χ3v) is 5.17. The minimum absolute atomic E-state index is 0.207. The molecule has 0 fully saturated rings. The van der Waals surface area contributed by atoms with E-state index in [2.05, 4.69) is 5.32 Å². The number of alkyl halides is 3. The number of allylic oxidation sites excluding steroid dienone is 2. The van der Waals surface area contributed by atoms with Gasteiger partial charge in [-0.1, -0.05) is 54.6 Å². The standard InChI is InChI=1S/C27H25F3N2O2/c1-32(2)23-16-12-20(13-17-23)24(19-10-14-22(15-11-19)27(28,29)30)7-5-9-26(34)31-25-8-4-3-6-21(25)18-33/h3-17,33H,18H2,1-2H3,(H,31,34)/b9-5+,24-7+. The molecule has 0 unspecified atom stereocenters. The van der Waals surface area contributed by atoms with Crippen molar-refractivity contribution in [2.24, 2.45) is 0 Å². The number of aliphatic hydroxyl groups is 1. The van der Waals surface area contributed by atoms with Crippen molar-refractivity contribution >= 4 is 22.9 Å². The van der Waals surface area contributed by atoms with E-state index >= 15 is 0 Å². The maximum atomic E-state index is 13.0. The van der Waals surface area contributed by atoms with Crippen molar-refractivity contribution < 1.29 is 23.1 Å². The van der Waals surface area contributed by atoms with Gasteiger partial charge in [-0.15, -0.1) is 0 Å². The highest BCUT2D eigenvalue weighted by Crippen LogP contribution is 2.32. The number of carbonyl (C=O) groups is 1. The molecule has 34 heavy (non-hydrogen) atoms. The highest BCUT2D eigenvalue weighted by Gasteiger charge is 2.30. The highest BCUT2D eigenvalue weighted by molar-refractivity contribution is 6.00. The Bertz CT molecular complexity index is 1180. The molecule has 0 aromatic heterocycles. The third-order valence-electron chi connectivity index (χ3n) is 5.17. The van der Waals surface area contributed by atoms with Crippen LogP contribution >= 0.6 is 0 Å². The molecule has 4 nitrogen and oxygen atoms in total. The molecule has 3 rings (SSSR count). The molecular formula is C27H25F3N2O2. The lowest BCUT2D eigenvalue weighted by molar-refractivity contribution is -0.137. The Balaban J connectivity index is 1.90. The number of nitrogens with zero attached hydrogens (tertiary/aromatic N) is 1. The number of halogens is 3. The number of aliphatic hydroxyl groups excluding tert-OH is 1. The van der Waals surface area contributed by atoms with Crippen molar-refractivity contribution in [2.75, 3.05) is 24.3 Å². The second kappa shape index (κ2) is 10.9. The Morgan fingerprint density at radius 1 is 0.941 bits per heavy atom. The van der Waals surface area contributed by atoms with Gasteiger partial charge in [0.25, 0.3) is 0 Å². The molecule has 3 aromatic rings. The first kappa shape index (κ1) is 24.8. The van der Waals surface area contributed by atoms with E-state index in [1.807, 2.05) is 43.3 Å². The minimum atomic E-state index is -4.42. The van der Waals surface area contributed by atoms with Crippen molar-refractivity contribution in [3.63, 3.8) is 0 Å². The molecule has 0 radical (unpaired) electrons. The van der Waals surface area contributed by atoms with Gasteiger partial charge in [0, 0.05) is 37.1 Å². The summed E-state index contributed by atoms with van der Waals surface area (Å²) in [7, 11) is 3.83. The molecule has 1 amide bonds. The monoisotopic (exact) mass is 466 g/mol. The number of carbonyl (C=O) groups excluding carboxylic acids is 1. The van der Waals surface area contributed by atoms with Crippen LogP contribution in [-0.2, 0) is 17.6 Å². The molecule has 0 saturated carbocycles. The lowest BCUT2D eigenvalue weighted by Gasteiger charge is -2.14. The van der Waals surface area contributed by atoms with E-state index in [1.54, 1.807) is 36.4 Å². The molecule has 0 aliphatic carbocycles. The summed E-state index contributed by atoms with van der Waals surface area (Å²) in [6.07, 6.45) is 0.138. The van der Waals surface area contributed by atoms with Crippen LogP contribution in [0.3, 0.4) is 0 Å². The molecule has 3 aromatic carbocycles. The number of amides is 1. The molecule has 2 N–H and O–H groups in total. The first-order valence-corrected chi connectivity index (χ1v) is 10.5. The van der Waals surface area contributed by atoms with Crippen molar-refractivity contribution in [1.82, 2.24) is 0 Å². The summed E-state index contributed by atoms with van der Waals surface area (Å²) >= 11 is 0. The Hall–Kier alpha value is -3.84. The Labute approximate surface area is 196 Å². The summed E-state index contributed by atoms with van der Waals surface area (Å²) in [5.41, 5.74) is 3.39. The summed E-state index contributed by atoms with van der Waals surface area (Å²) in [6, 6.07) is 19.4. The molecular weight excluding hydrogens is 441 g/mol. The Morgan fingerprint density at radius 2 is 1.53 bits per heavy atom. The number of anilines is 2. The quantitative estimate of drug-likeness (QED) is 0.337. The lowest BCUT2D eigenvalue weighted by atomic mass is 9.96. The van der Waals surface area contributed by atoms with Crippen molar-refractivity contribution in [3.05, 3.63) is 113 Å². The average molecular weight is 467 g/mol. The van der Waals surface area contributed by atoms with Crippen LogP contribution in [0.5, 0.6) is 0 Å². The van der Waals surface area contributed by atoms with Gasteiger partial charge >= 0.3 is 6.18 Å². The minimum Gasteiger partial charge on any atom is -0.392 e. The zero-order chi connectivity index (χ0) is 24.7. The predicted octanol–water partition coefficient (Wildman–Crippen LogP) is 5.89. The summed E-state index contributed by atoms with van der Waals surface area (Å²) in [6.45, 7) is -0.207. The zero-order valence-corrected chi connectivity index (χ0v) is 18.8. The van der Waals surface area contributed by atoms with Gasteiger partial charge in [-0.05, 0) is 47.0 Å². The van der Waals surface area contributed by atoms with Crippen LogP contribution in [0, 0.1) is 0 Å². The van der Waals surface area contributed by atoms with Crippen molar-refractivity contribution in [3.8, 4) is 0 Å². The Kier molecular flexibility index (Phi) is 7.91. The van der Waals surface area contributed by atoms with Gasteiger partial charge in [-0.3, -0.25) is 4.79 Å². The molecule has 0 bridgehead atoms. The predicted molar refractivity (Wildman–Crippen MR) is 129 cm³/mol. The van der Waals surface area contributed by atoms with Crippen LogP contribution in [0.25, 0.3) is 5.57 Å². The van der Waals surface area contributed by atoms with E-state index in [1.165, 1.54) is 18.2 Å². The SMILES string of the molecule is CN(C)c1ccc(/C(=C/C=C/C(=O)Nc2ccccc2CO)c2ccc(C(F)(F)F)cc2)cc1. The number of benzene rings is 3. The van der Waals surface area contributed by atoms with Crippen molar-refractivity contribution in [2.45, 2.75) is 12.8 Å². The van der Waals surface area contributed by atoms with Gasteiger partial charge in [0.15, 0.2) is 0 Å². The van der Waals surface area contributed by atoms with Crippen LogP contribution in [0.15, 0.2) is 91.0 Å². The molecule has 0 saturated heterocycles. The number of nitrogens with one attached hydrogen (secondary N) is 1. The molecule has 176 valence electrons. The number of hydrogen-bond donors (Lipinski definition) is 2. The zero-order valence-electron chi connectivity index (χ0n) is 18.8. The lowest BCUT2D eigenvalue weighted by Crippen LogP contribution is -2.09. The third kappa shape index (κ3) is 6.36.